The third-order valence-electron chi connectivity index (χ3n) is 3.49. The zero-order chi connectivity index (χ0) is 13.8. The minimum absolute atomic E-state index is 0.0263. The predicted molar refractivity (Wildman–Crippen MR) is 78.1 cm³/mol. The fraction of sp³-hybridized carbons (Fsp3) is 0.533. The maximum absolute atomic E-state index is 11.8. The minimum atomic E-state index is 0.0263. The summed E-state index contributed by atoms with van der Waals surface area (Å²) in [5, 5.41) is 3.73. The molecule has 1 saturated carbocycles. The van der Waals surface area contributed by atoms with Gasteiger partial charge in [-0.25, -0.2) is 0 Å². The molecule has 1 amide bonds. The molecule has 1 aromatic carbocycles. The molecule has 0 bridgehead atoms. The third-order valence-corrected chi connectivity index (χ3v) is 3.72. The molecule has 104 valence electrons. The smallest absolute Gasteiger partial charge is 0.221 e. The molecule has 2 rings (SSSR count). The fourth-order valence-electron chi connectivity index (χ4n) is 2.31. The van der Waals surface area contributed by atoms with E-state index >= 15 is 0 Å². The number of rotatable bonds is 6. The topological polar surface area (TPSA) is 55.1 Å². The Hall–Kier alpha value is -1.06. The van der Waals surface area contributed by atoms with Crippen molar-refractivity contribution in [3.8, 4) is 0 Å². The lowest BCUT2D eigenvalue weighted by atomic mass is 10.1. The van der Waals surface area contributed by atoms with Crippen LogP contribution in [0, 0.1) is 5.92 Å². The normalized spacial score (nSPS) is 17.8. The Bertz CT molecular complexity index is 446. The lowest BCUT2D eigenvalue weighted by molar-refractivity contribution is -0.122. The minimum Gasteiger partial charge on any atom is -0.353 e. The molecule has 0 aromatic heterocycles. The predicted octanol–water partition coefficient (Wildman–Crippen LogP) is 2.51. The van der Waals surface area contributed by atoms with Crippen molar-refractivity contribution in [2.24, 2.45) is 11.7 Å². The SMILES string of the molecule is CC(Cc1cccc(Cl)c1)NC(=O)CC(N)C1CC1. The van der Waals surface area contributed by atoms with Gasteiger partial charge in [0.15, 0.2) is 0 Å². The average molecular weight is 281 g/mol. The summed E-state index contributed by atoms with van der Waals surface area (Å²) in [4.78, 5) is 11.8. The van der Waals surface area contributed by atoms with Crippen LogP contribution in [0.15, 0.2) is 24.3 Å². The Balaban J connectivity index is 1.76. The van der Waals surface area contributed by atoms with Crippen molar-refractivity contribution in [3.63, 3.8) is 0 Å². The van der Waals surface area contributed by atoms with Crippen molar-refractivity contribution in [3.05, 3.63) is 34.9 Å². The Kier molecular flexibility index (Phi) is 4.83. The Morgan fingerprint density at radius 1 is 1.53 bits per heavy atom. The number of amides is 1. The Morgan fingerprint density at radius 3 is 2.89 bits per heavy atom. The summed E-state index contributed by atoms with van der Waals surface area (Å²) in [5.74, 6) is 0.614. The van der Waals surface area contributed by atoms with Gasteiger partial charge in [-0.2, -0.15) is 0 Å². The first kappa shape index (κ1) is 14.4. The molecule has 2 unspecified atom stereocenters. The Labute approximate surface area is 119 Å². The first-order valence-electron chi connectivity index (χ1n) is 6.84. The summed E-state index contributed by atoms with van der Waals surface area (Å²) < 4.78 is 0. The van der Waals surface area contributed by atoms with Crippen LogP contribution in [0.25, 0.3) is 0 Å². The van der Waals surface area contributed by atoms with Crippen LogP contribution in [0.3, 0.4) is 0 Å². The molecule has 0 heterocycles. The highest BCUT2D eigenvalue weighted by atomic mass is 35.5. The summed E-state index contributed by atoms with van der Waals surface area (Å²) in [6, 6.07) is 7.85. The van der Waals surface area contributed by atoms with Gasteiger partial charge in [-0.05, 0) is 49.8 Å². The van der Waals surface area contributed by atoms with Gasteiger partial charge in [-0.15, -0.1) is 0 Å². The largest absolute Gasteiger partial charge is 0.353 e. The van der Waals surface area contributed by atoms with Crippen molar-refractivity contribution in [2.45, 2.75) is 44.7 Å². The van der Waals surface area contributed by atoms with Gasteiger partial charge < -0.3 is 11.1 Å². The van der Waals surface area contributed by atoms with Crippen LogP contribution in [-0.4, -0.2) is 18.0 Å². The molecular formula is C15H21ClN2O. The standard InChI is InChI=1S/C15H21ClN2O/c1-10(7-11-3-2-4-13(16)8-11)18-15(19)9-14(17)12-5-6-12/h2-4,8,10,12,14H,5-7,9,17H2,1H3,(H,18,19). The summed E-state index contributed by atoms with van der Waals surface area (Å²) in [7, 11) is 0. The molecule has 0 radical (unpaired) electrons. The second-order valence-electron chi connectivity index (χ2n) is 5.51. The van der Waals surface area contributed by atoms with E-state index in [1.165, 1.54) is 12.8 Å². The van der Waals surface area contributed by atoms with Crippen molar-refractivity contribution in [1.29, 1.82) is 0 Å². The van der Waals surface area contributed by atoms with Crippen LogP contribution in [0.1, 0.15) is 31.7 Å². The van der Waals surface area contributed by atoms with E-state index in [4.69, 9.17) is 17.3 Å². The van der Waals surface area contributed by atoms with Gasteiger partial charge >= 0.3 is 0 Å². The van der Waals surface area contributed by atoms with E-state index < -0.39 is 0 Å². The maximum Gasteiger partial charge on any atom is 0.221 e. The first-order valence-corrected chi connectivity index (χ1v) is 7.22. The van der Waals surface area contributed by atoms with Crippen molar-refractivity contribution in [2.75, 3.05) is 0 Å². The number of hydrogen-bond donors (Lipinski definition) is 2. The number of nitrogens with two attached hydrogens (primary N) is 1. The van der Waals surface area contributed by atoms with Crippen LogP contribution in [0.4, 0.5) is 0 Å². The van der Waals surface area contributed by atoms with Crippen LogP contribution in [-0.2, 0) is 11.2 Å². The van der Waals surface area contributed by atoms with Crippen LogP contribution in [0.2, 0.25) is 5.02 Å². The van der Waals surface area contributed by atoms with Crippen molar-refractivity contribution < 1.29 is 4.79 Å². The van der Waals surface area contributed by atoms with Crippen LogP contribution >= 0.6 is 11.6 Å². The van der Waals surface area contributed by atoms with Gasteiger partial charge in [0.25, 0.3) is 0 Å². The van der Waals surface area contributed by atoms with Crippen molar-refractivity contribution >= 4 is 17.5 Å². The fourth-order valence-corrected chi connectivity index (χ4v) is 2.52. The number of hydrogen-bond acceptors (Lipinski definition) is 2. The zero-order valence-electron chi connectivity index (χ0n) is 11.2. The summed E-state index contributed by atoms with van der Waals surface area (Å²) in [6.07, 6.45) is 3.56. The van der Waals surface area contributed by atoms with Gasteiger partial charge in [-0.1, -0.05) is 23.7 Å². The van der Waals surface area contributed by atoms with E-state index in [0.717, 1.165) is 17.0 Å². The molecule has 2 atom stereocenters. The molecule has 3 nitrogen and oxygen atoms in total. The number of halogens is 1. The molecule has 1 aromatic rings. The number of carbonyl (C=O) groups is 1. The van der Waals surface area contributed by atoms with Crippen molar-refractivity contribution in [1.82, 2.24) is 5.32 Å². The highest BCUT2D eigenvalue weighted by Crippen LogP contribution is 2.32. The maximum atomic E-state index is 11.8. The average Bonchev–Trinajstić information content (AvgIpc) is 3.11. The zero-order valence-corrected chi connectivity index (χ0v) is 12.0. The van der Waals surface area contributed by atoms with E-state index in [2.05, 4.69) is 5.32 Å². The van der Waals surface area contributed by atoms with E-state index in [9.17, 15) is 4.79 Å². The molecule has 0 spiro atoms. The molecule has 4 heteroatoms. The lowest BCUT2D eigenvalue weighted by Gasteiger charge is -2.16. The molecule has 0 aliphatic heterocycles. The monoisotopic (exact) mass is 280 g/mol. The summed E-state index contributed by atoms with van der Waals surface area (Å²) >= 11 is 5.94. The van der Waals surface area contributed by atoms with Gasteiger partial charge in [0.05, 0.1) is 0 Å². The molecule has 3 N–H and O–H groups in total. The molecular weight excluding hydrogens is 260 g/mol. The first-order chi connectivity index (χ1) is 9.04. The van der Waals surface area contributed by atoms with E-state index in [0.29, 0.717) is 12.3 Å². The highest BCUT2D eigenvalue weighted by Gasteiger charge is 2.29. The summed E-state index contributed by atoms with van der Waals surface area (Å²) in [6.45, 7) is 2.00. The molecule has 1 fully saturated rings. The van der Waals surface area contributed by atoms with Gasteiger partial charge in [0.2, 0.25) is 5.91 Å². The molecule has 19 heavy (non-hydrogen) atoms. The molecule has 1 aliphatic carbocycles. The lowest BCUT2D eigenvalue weighted by Crippen LogP contribution is -2.38. The second kappa shape index (κ2) is 6.40. The molecule has 1 aliphatic rings. The Morgan fingerprint density at radius 2 is 2.26 bits per heavy atom. The third kappa shape index (κ3) is 4.84. The number of nitrogens with one attached hydrogen (secondary N) is 1. The van der Waals surface area contributed by atoms with Crippen LogP contribution in [0.5, 0.6) is 0 Å². The number of carbonyl (C=O) groups excluding carboxylic acids is 1. The quantitative estimate of drug-likeness (QED) is 0.841. The second-order valence-corrected chi connectivity index (χ2v) is 5.94. The van der Waals surface area contributed by atoms with E-state index in [1.54, 1.807) is 0 Å². The van der Waals surface area contributed by atoms with Gasteiger partial charge in [0.1, 0.15) is 0 Å². The van der Waals surface area contributed by atoms with Gasteiger partial charge in [0, 0.05) is 23.5 Å². The van der Waals surface area contributed by atoms with E-state index in [-0.39, 0.29) is 18.0 Å². The highest BCUT2D eigenvalue weighted by molar-refractivity contribution is 6.30. The van der Waals surface area contributed by atoms with E-state index in [1.807, 2.05) is 31.2 Å². The van der Waals surface area contributed by atoms with Crippen LogP contribution < -0.4 is 11.1 Å². The van der Waals surface area contributed by atoms with Gasteiger partial charge in [-0.3, -0.25) is 4.79 Å². The number of benzene rings is 1. The summed E-state index contributed by atoms with van der Waals surface area (Å²) in [5.41, 5.74) is 7.08. The molecule has 0 saturated heterocycles.